The van der Waals surface area contributed by atoms with E-state index < -0.39 is 5.09 Å². The second kappa shape index (κ2) is 12.3. The van der Waals surface area contributed by atoms with E-state index in [-0.39, 0.29) is 6.61 Å². The minimum Gasteiger partial charge on any atom is -0.382 e. The Morgan fingerprint density at radius 2 is 1.85 bits per heavy atom. The van der Waals surface area contributed by atoms with Crippen molar-refractivity contribution in [2.75, 3.05) is 26.9 Å². The van der Waals surface area contributed by atoms with Crippen LogP contribution >= 0.6 is 11.3 Å². The number of nitrogens with zero attached hydrogens (tertiary/aromatic N) is 2. The predicted octanol–water partition coefficient (Wildman–Crippen LogP) is 4.06. The van der Waals surface area contributed by atoms with Crippen molar-refractivity contribution in [2.45, 2.75) is 33.8 Å². The average Bonchev–Trinajstić information content (AvgIpc) is 3.01. The molecule has 0 spiro atoms. The van der Waals surface area contributed by atoms with Gasteiger partial charge in [0.05, 0.1) is 25.5 Å². The number of hydrogen-bond acceptors (Lipinski definition) is 7. The van der Waals surface area contributed by atoms with E-state index >= 15 is 0 Å². The molecule has 0 aliphatic rings. The Balaban J connectivity index is 0.00000163. The first-order chi connectivity index (χ1) is 12.6. The van der Waals surface area contributed by atoms with E-state index in [1.165, 1.54) is 11.3 Å². The summed E-state index contributed by atoms with van der Waals surface area (Å²) in [5.74, 6) is 0. The van der Waals surface area contributed by atoms with Crippen LogP contribution in [0, 0.1) is 17.0 Å². The lowest BCUT2D eigenvalue weighted by Gasteiger charge is -2.04. The second-order valence-corrected chi connectivity index (χ2v) is 6.16. The van der Waals surface area contributed by atoms with E-state index in [2.05, 4.69) is 9.82 Å². The first-order valence-corrected chi connectivity index (χ1v) is 9.31. The van der Waals surface area contributed by atoms with Gasteiger partial charge in [0.2, 0.25) is 0 Å². The highest BCUT2D eigenvalue weighted by Gasteiger charge is 2.10. The zero-order valence-electron chi connectivity index (χ0n) is 15.7. The summed E-state index contributed by atoms with van der Waals surface area (Å²) in [6.45, 7) is 7.65. The van der Waals surface area contributed by atoms with Crippen LogP contribution < -0.4 is 0 Å². The smallest absolute Gasteiger partial charge is 0.294 e. The van der Waals surface area contributed by atoms with Crippen LogP contribution in [0.15, 0.2) is 24.3 Å². The number of benzene rings is 1. The van der Waals surface area contributed by atoms with Crippen molar-refractivity contribution >= 4 is 11.3 Å². The molecule has 1 aromatic heterocycles. The topological polar surface area (TPSA) is 83.7 Å². The van der Waals surface area contributed by atoms with Gasteiger partial charge in [0, 0.05) is 24.0 Å². The fourth-order valence-corrected chi connectivity index (χ4v) is 3.12. The fraction of sp³-hybridized carbons (Fsp3) is 0.500. The largest absolute Gasteiger partial charge is 0.382 e. The lowest BCUT2D eigenvalue weighted by atomic mass is 10.1. The summed E-state index contributed by atoms with van der Waals surface area (Å²) in [5, 5.41) is 10.3. The molecule has 0 radical (unpaired) electrons. The number of aryl methyl sites for hydroxylation is 1. The van der Waals surface area contributed by atoms with Gasteiger partial charge in [0.15, 0.2) is 0 Å². The van der Waals surface area contributed by atoms with Gasteiger partial charge in [-0.25, -0.2) is 4.98 Å². The van der Waals surface area contributed by atoms with Crippen LogP contribution in [0.5, 0.6) is 0 Å². The van der Waals surface area contributed by atoms with Crippen LogP contribution in [0.2, 0.25) is 0 Å². The van der Waals surface area contributed by atoms with E-state index in [4.69, 9.17) is 9.47 Å². The molecule has 0 saturated heterocycles. The molecule has 1 aromatic carbocycles. The standard InChI is InChI=1S/C16H20N2O5S.C2H6/c1-12-15(7-8-23-18(19)20)24-16(17-12)14-5-3-13(4-6-14)11-22-10-9-21-2;1-2/h3-6H,7-11H2,1-2H3;1-2H3. The predicted molar refractivity (Wildman–Crippen MR) is 102 cm³/mol. The summed E-state index contributed by atoms with van der Waals surface area (Å²) in [6.07, 6.45) is 0.482. The van der Waals surface area contributed by atoms with Crippen LogP contribution in [-0.2, 0) is 27.3 Å². The van der Waals surface area contributed by atoms with Crippen molar-refractivity contribution in [1.29, 1.82) is 0 Å². The highest BCUT2D eigenvalue weighted by atomic mass is 32.1. The minimum atomic E-state index is -0.773. The molecule has 1 heterocycles. The summed E-state index contributed by atoms with van der Waals surface area (Å²) < 4.78 is 10.4. The molecule has 0 saturated carbocycles. The molecule has 7 nitrogen and oxygen atoms in total. The summed E-state index contributed by atoms with van der Waals surface area (Å²) in [4.78, 5) is 20.1. The molecule has 0 atom stereocenters. The quantitative estimate of drug-likeness (QED) is 0.350. The number of hydrogen-bond donors (Lipinski definition) is 0. The number of ether oxygens (including phenoxy) is 2. The van der Waals surface area contributed by atoms with Crippen LogP contribution in [0.1, 0.15) is 30.0 Å². The van der Waals surface area contributed by atoms with Gasteiger partial charge in [-0.2, -0.15) is 0 Å². The van der Waals surface area contributed by atoms with Crippen LogP contribution in [-0.4, -0.2) is 37.0 Å². The summed E-state index contributed by atoms with van der Waals surface area (Å²) in [7, 11) is 1.64. The molecule has 2 rings (SSSR count). The van der Waals surface area contributed by atoms with Crippen LogP contribution in [0.3, 0.4) is 0 Å². The van der Waals surface area contributed by atoms with Crippen molar-refractivity contribution in [2.24, 2.45) is 0 Å². The van der Waals surface area contributed by atoms with Gasteiger partial charge < -0.3 is 14.3 Å². The average molecular weight is 382 g/mol. The van der Waals surface area contributed by atoms with E-state index in [1.54, 1.807) is 7.11 Å². The fourth-order valence-electron chi connectivity index (χ4n) is 2.07. The van der Waals surface area contributed by atoms with Gasteiger partial charge >= 0.3 is 0 Å². The number of aromatic nitrogens is 1. The third-order valence-corrected chi connectivity index (χ3v) is 4.59. The molecule has 2 aromatic rings. The molecule has 144 valence electrons. The molecule has 26 heavy (non-hydrogen) atoms. The van der Waals surface area contributed by atoms with E-state index in [9.17, 15) is 10.1 Å². The molecule has 0 unspecified atom stereocenters. The molecular formula is C18H26N2O5S. The summed E-state index contributed by atoms with van der Waals surface area (Å²) >= 11 is 1.53. The molecule has 0 aliphatic heterocycles. The van der Waals surface area contributed by atoms with E-state index in [1.807, 2.05) is 45.0 Å². The number of rotatable bonds is 10. The van der Waals surface area contributed by atoms with E-state index in [0.717, 1.165) is 26.7 Å². The molecule has 0 bridgehead atoms. The van der Waals surface area contributed by atoms with Crippen LogP contribution in [0.4, 0.5) is 0 Å². The summed E-state index contributed by atoms with van der Waals surface area (Å²) in [5.41, 5.74) is 2.99. The van der Waals surface area contributed by atoms with Gasteiger partial charge in [0.1, 0.15) is 11.6 Å². The Bertz CT molecular complexity index is 658. The SMILES string of the molecule is CC.COCCOCc1ccc(-c2nc(C)c(CCO[N+](=O)[O-])s2)cc1. The van der Waals surface area contributed by atoms with Crippen molar-refractivity contribution in [3.63, 3.8) is 0 Å². The Hall–Kier alpha value is -2.03. The summed E-state index contributed by atoms with van der Waals surface area (Å²) in [6, 6.07) is 8.03. The Kier molecular flexibility index (Phi) is 10.5. The van der Waals surface area contributed by atoms with Gasteiger partial charge in [0.25, 0.3) is 5.09 Å². The lowest BCUT2D eigenvalue weighted by molar-refractivity contribution is -0.757. The lowest BCUT2D eigenvalue weighted by Crippen LogP contribution is -2.04. The molecular weight excluding hydrogens is 356 g/mol. The van der Waals surface area contributed by atoms with Crippen molar-refractivity contribution in [1.82, 2.24) is 4.98 Å². The van der Waals surface area contributed by atoms with Gasteiger partial charge in [-0.3, -0.25) is 0 Å². The van der Waals surface area contributed by atoms with Crippen molar-refractivity contribution < 1.29 is 19.4 Å². The second-order valence-electron chi connectivity index (χ2n) is 5.08. The minimum absolute atomic E-state index is 0.0488. The van der Waals surface area contributed by atoms with Gasteiger partial charge in [-0.1, -0.05) is 38.1 Å². The third kappa shape index (κ3) is 7.47. The first-order valence-electron chi connectivity index (χ1n) is 8.49. The number of methoxy groups -OCH3 is 1. The monoisotopic (exact) mass is 382 g/mol. The third-order valence-electron chi connectivity index (χ3n) is 3.32. The zero-order chi connectivity index (χ0) is 19.4. The highest BCUT2D eigenvalue weighted by molar-refractivity contribution is 7.15. The normalized spacial score (nSPS) is 10.2. The van der Waals surface area contributed by atoms with Gasteiger partial charge in [-0.15, -0.1) is 21.5 Å². The van der Waals surface area contributed by atoms with E-state index in [0.29, 0.717) is 26.2 Å². The number of thiazole rings is 1. The Morgan fingerprint density at radius 3 is 2.46 bits per heavy atom. The maximum atomic E-state index is 10.2. The molecule has 0 N–H and O–H groups in total. The van der Waals surface area contributed by atoms with Crippen molar-refractivity contribution in [3.05, 3.63) is 50.5 Å². The molecule has 0 fully saturated rings. The van der Waals surface area contributed by atoms with Gasteiger partial charge in [-0.05, 0) is 12.5 Å². The highest BCUT2D eigenvalue weighted by Crippen LogP contribution is 2.28. The maximum Gasteiger partial charge on any atom is 0.294 e. The molecule has 8 heteroatoms. The first kappa shape index (κ1) is 22.0. The van der Waals surface area contributed by atoms with Crippen LogP contribution in [0.25, 0.3) is 10.6 Å². The molecule has 0 amide bonds. The Labute approximate surface area is 158 Å². The zero-order valence-corrected chi connectivity index (χ0v) is 16.5. The maximum absolute atomic E-state index is 10.2. The Morgan fingerprint density at radius 1 is 1.15 bits per heavy atom. The molecule has 0 aliphatic carbocycles. The van der Waals surface area contributed by atoms with Crippen molar-refractivity contribution in [3.8, 4) is 10.6 Å².